The molecule has 1 aromatic rings. The molecule has 3 nitrogen and oxygen atoms in total. The van der Waals surface area contributed by atoms with Gasteiger partial charge in [-0.2, -0.15) is 4.57 Å². The first-order valence-corrected chi connectivity index (χ1v) is 4.91. The Morgan fingerprint density at radius 1 is 1.14 bits per heavy atom. The third-order valence-corrected chi connectivity index (χ3v) is 2.26. The number of pyridine rings is 1. The zero-order valence-corrected chi connectivity index (χ0v) is 9.15. The zero-order chi connectivity index (χ0) is 10.9. The second-order valence-corrected chi connectivity index (χ2v) is 4.09. The van der Waals surface area contributed by atoms with Gasteiger partial charge in [0.2, 0.25) is 11.4 Å². The van der Waals surface area contributed by atoms with Gasteiger partial charge in [0.05, 0.1) is 0 Å². The molecule has 0 bridgehead atoms. The maximum Gasteiger partial charge on any atom is 0.230 e. The van der Waals surface area contributed by atoms with E-state index in [0.29, 0.717) is 0 Å². The molecule has 1 aromatic heterocycles. The van der Waals surface area contributed by atoms with E-state index in [4.69, 9.17) is 0 Å². The average molecular weight is 196 g/mol. The van der Waals surface area contributed by atoms with Crippen LogP contribution in [0, 0.1) is 0 Å². The standard InChI is InChI=1S/C11H17NO2/c1-7(2)10-11(14)9(13)5-6-12(10)8(3)4/h5-8,14H,1-4H3/p+1. The Morgan fingerprint density at radius 2 is 1.71 bits per heavy atom. The molecule has 0 atom stereocenters. The minimum atomic E-state index is -0.0504. The topological polar surface area (TPSA) is 44.3 Å². The lowest BCUT2D eigenvalue weighted by atomic mass is 10.1. The van der Waals surface area contributed by atoms with Gasteiger partial charge in [-0.05, 0) is 13.8 Å². The molecule has 1 heterocycles. The third kappa shape index (κ3) is 1.81. The normalized spacial score (nSPS) is 11.3. The number of nitrogens with zero attached hydrogens (tertiary/aromatic N) is 1. The van der Waals surface area contributed by atoms with Crippen LogP contribution < -0.4 is 4.57 Å². The van der Waals surface area contributed by atoms with Gasteiger partial charge in [0, 0.05) is 12.0 Å². The highest BCUT2D eigenvalue weighted by Crippen LogP contribution is 2.30. The summed E-state index contributed by atoms with van der Waals surface area (Å²) >= 11 is 0. The van der Waals surface area contributed by atoms with Gasteiger partial charge < -0.3 is 10.2 Å². The van der Waals surface area contributed by atoms with Crippen molar-refractivity contribution in [3.63, 3.8) is 0 Å². The molecule has 0 aromatic carbocycles. The fourth-order valence-electron chi connectivity index (χ4n) is 1.59. The molecule has 2 N–H and O–H groups in total. The van der Waals surface area contributed by atoms with Crippen molar-refractivity contribution in [2.75, 3.05) is 0 Å². The summed E-state index contributed by atoms with van der Waals surface area (Å²) < 4.78 is 1.97. The van der Waals surface area contributed by atoms with Crippen LogP contribution in [0.15, 0.2) is 12.3 Å². The summed E-state index contributed by atoms with van der Waals surface area (Å²) in [5, 5.41) is 19.1. The Labute approximate surface area is 84.6 Å². The SMILES string of the molecule is CC(C)c1c(O)c(O)cc[n+]1C(C)C. The van der Waals surface area contributed by atoms with Gasteiger partial charge in [0.15, 0.2) is 18.0 Å². The monoisotopic (exact) mass is 196 g/mol. The minimum Gasteiger partial charge on any atom is -0.504 e. The van der Waals surface area contributed by atoms with Gasteiger partial charge in [-0.3, -0.25) is 0 Å². The predicted molar refractivity (Wildman–Crippen MR) is 54.4 cm³/mol. The van der Waals surface area contributed by atoms with Gasteiger partial charge in [0.25, 0.3) is 0 Å². The van der Waals surface area contributed by atoms with Crippen LogP contribution in [0.2, 0.25) is 0 Å². The van der Waals surface area contributed by atoms with Crippen LogP contribution in [0.5, 0.6) is 11.5 Å². The summed E-state index contributed by atoms with van der Waals surface area (Å²) in [6.45, 7) is 8.07. The third-order valence-electron chi connectivity index (χ3n) is 2.26. The second kappa shape index (κ2) is 3.86. The summed E-state index contributed by atoms with van der Waals surface area (Å²) in [5.74, 6) is 0.131. The summed E-state index contributed by atoms with van der Waals surface area (Å²) in [6, 6.07) is 1.79. The van der Waals surface area contributed by atoms with Crippen LogP contribution >= 0.6 is 0 Å². The second-order valence-electron chi connectivity index (χ2n) is 4.09. The highest BCUT2D eigenvalue weighted by atomic mass is 16.3. The lowest BCUT2D eigenvalue weighted by Crippen LogP contribution is -2.40. The van der Waals surface area contributed by atoms with Gasteiger partial charge >= 0.3 is 0 Å². The number of rotatable bonds is 2. The van der Waals surface area contributed by atoms with E-state index in [1.54, 1.807) is 6.20 Å². The Hall–Kier alpha value is -1.25. The van der Waals surface area contributed by atoms with Crippen LogP contribution in [0.3, 0.4) is 0 Å². The van der Waals surface area contributed by atoms with E-state index in [2.05, 4.69) is 0 Å². The van der Waals surface area contributed by atoms with Crippen molar-refractivity contribution in [3.05, 3.63) is 18.0 Å². The molecular weight excluding hydrogens is 178 g/mol. The Bertz CT molecular complexity index is 332. The number of hydrogen-bond donors (Lipinski definition) is 2. The van der Waals surface area contributed by atoms with E-state index in [0.717, 1.165) is 5.69 Å². The zero-order valence-electron chi connectivity index (χ0n) is 9.15. The van der Waals surface area contributed by atoms with Crippen molar-refractivity contribution in [2.24, 2.45) is 0 Å². The Kier molecular flexibility index (Phi) is 2.99. The fraction of sp³-hybridized carbons (Fsp3) is 0.545. The largest absolute Gasteiger partial charge is 0.504 e. The lowest BCUT2D eigenvalue weighted by Gasteiger charge is -2.11. The van der Waals surface area contributed by atoms with Crippen LogP contribution in [0.25, 0.3) is 0 Å². The van der Waals surface area contributed by atoms with Crippen molar-refractivity contribution in [1.82, 2.24) is 0 Å². The van der Waals surface area contributed by atoms with Crippen molar-refractivity contribution in [3.8, 4) is 11.5 Å². The minimum absolute atomic E-state index is 0.00352. The molecule has 1 rings (SSSR count). The van der Waals surface area contributed by atoms with Crippen LogP contribution in [-0.2, 0) is 0 Å². The highest BCUT2D eigenvalue weighted by molar-refractivity contribution is 5.38. The highest BCUT2D eigenvalue weighted by Gasteiger charge is 2.24. The van der Waals surface area contributed by atoms with E-state index in [9.17, 15) is 10.2 Å². The van der Waals surface area contributed by atoms with Crippen LogP contribution in [0.1, 0.15) is 45.3 Å². The molecule has 0 radical (unpaired) electrons. The molecular formula is C11H18NO2+. The summed E-state index contributed by atoms with van der Waals surface area (Å²) in [5.41, 5.74) is 0.778. The Morgan fingerprint density at radius 3 is 2.14 bits per heavy atom. The van der Waals surface area contributed by atoms with E-state index in [1.165, 1.54) is 6.07 Å². The maximum absolute atomic E-state index is 9.73. The average Bonchev–Trinajstić information content (AvgIpc) is 2.08. The molecule has 0 amide bonds. The molecule has 0 unspecified atom stereocenters. The fourth-order valence-corrected chi connectivity index (χ4v) is 1.59. The van der Waals surface area contributed by atoms with Crippen molar-refractivity contribution in [2.45, 2.75) is 39.7 Å². The predicted octanol–water partition coefficient (Wildman–Crippen LogP) is 2.09. The van der Waals surface area contributed by atoms with Crippen LogP contribution in [-0.4, -0.2) is 10.2 Å². The lowest BCUT2D eigenvalue weighted by molar-refractivity contribution is -0.724. The number of hydrogen-bond acceptors (Lipinski definition) is 2. The van der Waals surface area contributed by atoms with Gasteiger partial charge in [-0.15, -0.1) is 0 Å². The molecule has 14 heavy (non-hydrogen) atoms. The first-order valence-electron chi connectivity index (χ1n) is 4.91. The maximum atomic E-state index is 9.73. The Balaban J connectivity index is 3.38. The molecule has 0 saturated heterocycles. The molecule has 0 aliphatic rings. The van der Waals surface area contributed by atoms with Gasteiger partial charge in [0.1, 0.15) is 0 Å². The van der Waals surface area contributed by atoms with Crippen molar-refractivity contribution < 1.29 is 14.8 Å². The first-order chi connectivity index (χ1) is 6.45. The molecule has 0 spiro atoms. The van der Waals surface area contributed by atoms with E-state index < -0.39 is 0 Å². The quantitative estimate of drug-likeness (QED) is 0.711. The summed E-state index contributed by atoms with van der Waals surface area (Å²) in [4.78, 5) is 0. The van der Waals surface area contributed by atoms with Crippen molar-refractivity contribution >= 4 is 0 Å². The molecule has 78 valence electrons. The van der Waals surface area contributed by atoms with Crippen LogP contribution in [0.4, 0.5) is 0 Å². The first kappa shape index (κ1) is 10.8. The van der Waals surface area contributed by atoms with Crippen molar-refractivity contribution in [1.29, 1.82) is 0 Å². The van der Waals surface area contributed by atoms with Gasteiger partial charge in [-0.1, -0.05) is 13.8 Å². The van der Waals surface area contributed by atoms with E-state index in [1.807, 2.05) is 32.3 Å². The number of aromatic hydroxyl groups is 2. The molecule has 0 saturated carbocycles. The summed E-state index contributed by atoms with van der Waals surface area (Å²) in [6.07, 6.45) is 1.80. The smallest absolute Gasteiger partial charge is 0.230 e. The van der Waals surface area contributed by atoms with E-state index >= 15 is 0 Å². The van der Waals surface area contributed by atoms with Gasteiger partial charge in [-0.25, -0.2) is 0 Å². The molecule has 0 aliphatic heterocycles. The molecule has 0 fully saturated rings. The van der Waals surface area contributed by atoms with E-state index in [-0.39, 0.29) is 23.5 Å². The summed E-state index contributed by atoms with van der Waals surface area (Å²) in [7, 11) is 0. The molecule has 3 heteroatoms. The number of aromatic nitrogens is 1. The molecule has 0 aliphatic carbocycles.